The van der Waals surface area contributed by atoms with Crippen LogP contribution in [0.2, 0.25) is 0 Å². The molecule has 0 bridgehead atoms. The van der Waals surface area contributed by atoms with Gasteiger partial charge in [-0.15, -0.1) is 0 Å². The number of amides is 2. The number of rotatable bonds is 6. The fourth-order valence-corrected chi connectivity index (χ4v) is 3.40. The molecular formula is C18H13BrF3N5O4S. The third kappa shape index (κ3) is 5.70. The van der Waals surface area contributed by atoms with Gasteiger partial charge in [0.1, 0.15) is 0 Å². The largest absolute Gasteiger partial charge is 0.444 e. The van der Waals surface area contributed by atoms with Crippen LogP contribution < -0.4 is 21.9 Å². The second kappa shape index (κ2) is 9.48. The SMILES string of the molecule is Nc1nc(SCC(=O)Nc2ccccc2C(F)(F)F)[nH]c(=O)c1NC(=O)c1ccc(Br)o1. The number of nitrogens with two attached hydrogens (primary N) is 1. The molecule has 0 fully saturated rings. The van der Waals surface area contributed by atoms with Crippen molar-refractivity contribution in [2.45, 2.75) is 11.3 Å². The van der Waals surface area contributed by atoms with Gasteiger partial charge in [-0.2, -0.15) is 13.2 Å². The van der Waals surface area contributed by atoms with Gasteiger partial charge >= 0.3 is 6.18 Å². The number of para-hydroxylation sites is 1. The molecule has 0 spiro atoms. The summed E-state index contributed by atoms with van der Waals surface area (Å²) in [5.41, 5.74) is 3.23. The predicted molar refractivity (Wildman–Crippen MR) is 114 cm³/mol. The quantitative estimate of drug-likeness (QED) is 0.280. The Morgan fingerprint density at radius 1 is 1.19 bits per heavy atom. The molecule has 0 aliphatic carbocycles. The molecule has 2 aromatic heterocycles. The number of nitrogens with one attached hydrogen (secondary N) is 3. The summed E-state index contributed by atoms with van der Waals surface area (Å²) in [5.74, 6) is -2.25. The number of furan rings is 1. The van der Waals surface area contributed by atoms with Gasteiger partial charge in [0, 0.05) is 0 Å². The number of hydrogen-bond acceptors (Lipinski definition) is 7. The van der Waals surface area contributed by atoms with Crippen LogP contribution in [0.1, 0.15) is 16.1 Å². The van der Waals surface area contributed by atoms with Crippen LogP contribution in [0, 0.1) is 0 Å². The van der Waals surface area contributed by atoms with E-state index < -0.39 is 34.8 Å². The van der Waals surface area contributed by atoms with Crippen molar-refractivity contribution < 1.29 is 27.2 Å². The number of aromatic amines is 1. The van der Waals surface area contributed by atoms with E-state index in [9.17, 15) is 27.6 Å². The van der Waals surface area contributed by atoms with Crippen molar-refractivity contribution in [3.63, 3.8) is 0 Å². The maximum absolute atomic E-state index is 13.0. The zero-order chi connectivity index (χ0) is 23.5. The summed E-state index contributed by atoms with van der Waals surface area (Å²) >= 11 is 3.78. The summed E-state index contributed by atoms with van der Waals surface area (Å²) in [6.07, 6.45) is -4.63. The molecule has 3 rings (SSSR count). The Hall–Kier alpha value is -3.26. The molecule has 2 amide bonds. The maximum Gasteiger partial charge on any atom is 0.418 e. The average Bonchev–Trinajstić information content (AvgIpc) is 3.15. The number of anilines is 3. The van der Waals surface area contributed by atoms with Gasteiger partial charge in [-0.05, 0) is 40.2 Å². The molecule has 5 N–H and O–H groups in total. The minimum Gasteiger partial charge on any atom is -0.444 e. The molecule has 9 nitrogen and oxygen atoms in total. The minimum absolute atomic E-state index is 0.0644. The monoisotopic (exact) mass is 531 g/mol. The first-order chi connectivity index (χ1) is 15.0. The number of H-pyrrole nitrogens is 1. The molecule has 14 heteroatoms. The van der Waals surface area contributed by atoms with E-state index in [4.69, 9.17) is 10.2 Å². The molecule has 0 aliphatic heterocycles. The lowest BCUT2D eigenvalue weighted by Gasteiger charge is -2.13. The summed E-state index contributed by atoms with van der Waals surface area (Å²) in [5, 5.41) is 4.38. The van der Waals surface area contributed by atoms with Crippen molar-refractivity contribution in [2.24, 2.45) is 0 Å². The number of hydrogen-bond donors (Lipinski definition) is 4. The molecule has 0 saturated carbocycles. The van der Waals surface area contributed by atoms with Crippen LogP contribution in [0.5, 0.6) is 0 Å². The number of nitrogens with zero attached hydrogens (tertiary/aromatic N) is 1. The van der Waals surface area contributed by atoms with Gasteiger partial charge in [0.25, 0.3) is 11.5 Å². The molecular weight excluding hydrogens is 519 g/mol. The lowest BCUT2D eigenvalue weighted by molar-refractivity contribution is -0.137. The summed E-state index contributed by atoms with van der Waals surface area (Å²) in [6.45, 7) is 0. The van der Waals surface area contributed by atoms with Crippen molar-refractivity contribution in [2.75, 3.05) is 22.1 Å². The fourth-order valence-electron chi connectivity index (χ4n) is 2.43. The van der Waals surface area contributed by atoms with Crippen LogP contribution in [-0.2, 0) is 11.0 Å². The molecule has 32 heavy (non-hydrogen) atoms. The van der Waals surface area contributed by atoms with Gasteiger partial charge in [-0.3, -0.25) is 19.4 Å². The van der Waals surface area contributed by atoms with E-state index in [-0.39, 0.29) is 28.2 Å². The van der Waals surface area contributed by atoms with E-state index in [0.717, 1.165) is 23.9 Å². The Morgan fingerprint density at radius 3 is 2.53 bits per heavy atom. The third-order valence-corrected chi connectivity index (χ3v) is 5.11. The lowest BCUT2D eigenvalue weighted by Crippen LogP contribution is -2.23. The second-order valence-electron chi connectivity index (χ2n) is 6.07. The molecule has 0 saturated heterocycles. The van der Waals surface area contributed by atoms with E-state index >= 15 is 0 Å². The van der Waals surface area contributed by atoms with Gasteiger partial charge in [0.2, 0.25) is 5.91 Å². The molecule has 2 heterocycles. The normalized spacial score (nSPS) is 11.2. The highest BCUT2D eigenvalue weighted by molar-refractivity contribution is 9.10. The number of thioether (sulfide) groups is 1. The highest BCUT2D eigenvalue weighted by atomic mass is 79.9. The van der Waals surface area contributed by atoms with Crippen LogP contribution in [0.15, 0.2) is 55.4 Å². The average molecular weight is 532 g/mol. The van der Waals surface area contributed by atoms with Gasteiger partial charge < -0.3 is 20.8 Å². The summed E-state index contributed by atoms with van der Waals surface area (Å²) in [4.78, 5) is 42.7. The first-order valence-corrected chi connectivity index (χ1v) is 10.4. The zero-order valence-corrected chi connectivity index (χ0v) is 18.2. The highest BCUT2D eigenvalue weighted by Crippen LogP contribution is 2.34. The molecule has 0 unspecified atom stereocenters. The van der Waals surface area contributed by atoms with Crippen LogP contribution >= 0.6 is 27.7 Å². The van der Waals surface area contributed by atoms with Crippen LogP contribution in [0.3, 0.4) is 0 Å². The van der Waals surface area contributed by atoms with Gasteiger partial charge in [0.05, 0.1) is 17.0 Å². The number of nitrogen functional groups attached to an aromatic ring is 1. The van der Waals surface area contributed by atoms with Gasteiger partial charge in [-0.25, -0.2) is 4.98 Å². The highest BCUT2D eigenvalue weighted by Gasteiger charge is 2.33. The molecule has 0 radical (unpaired) electrons. The number of alkyl halides is 3. The van der Waals surface area contributed by atoms with E-state index in [0.29, 0.717) is 4.67 Å². The lowest BCUT2D eigenvalue weighted by atomic mass is 10.1. The van der Waals surface area contributed by atoms with Crippen LogP contribution in [-0.4, -0.2) is 27.5 Å². The predicted octanol–water partition coefficient (Wildman–Crippen LogP) is 3.71. The smallest absolute Gasteiger partial charge is 0.418 e. The number of halogens is 4. The Labute approximate surface area is 190 Å². The fraction of sp³-hybridized carbons (Fsp3) is 0.111. The standard InChI is InChI=1S/C18H13BrF3N5O4S/c19-11-6-5-10(31-11)15(29)25-13-14(23)26-17(27-16(13)30)32-7-12(28)24-9-4-2-1-3-8(9)18(20,21)22/h1-6H,7H2,(H,24,28)(H,25,29)(H3,23,26,27,30). The molecule has 0 atom stereocenters. The van der Waals surface area contributed by atoms with Crippen molar-refractivity contribution in [3.8, 4) is 0 Å². The summed E-state index contributed by atoms with van der Waals surface area (Å²) in [6, 6.07) is 7.38. The number of carbonyl (C=O) groups excluding carboxylic acids is 2. The van der Waals surface area contributed by atoms with Crippen LogP contribution in [0.4, 0.5) is 30.4 Å². The number of carbonyl (C=O) groups is 2. The topological polar surface area (TPSA) is 143 Å². The van der Waals surface area contributed by atoms with Gasteiger partial charge in [-0.1, -0.05) is 23.9 Å². The van der Waals surface area contributed by atoms with Gasteiger partial charge in [0.15, 0.2) is 27.1 Å². The van der Waals surface area contributed by atoms with Crippen LogP contribution in [0.25, 0.3) is 0 Å². The van der Waals surface area contributed by atoms with Crippen molar-refractivity contribution in [3.05, 3.63) is 62.7 Å². The zero-order valence-electron chi connectivity index (χ0n) is 15.7. The molecule has 1 aromatic carbocycles. The van der Waals surface area contributed by atoms with E-state index in [1.54, 1.807) is 0 Å². The van der Waals surface area contributed by atoms with Crippen molar-refractivity contribution in [1.82, 2.24) is 9.97 Å². The Bertz CT molecular complexity index is 1230. The van der Waals surface area contributed by atoms with E-state index in [2.05, 4.69) is 36.5 Å². The Kier molecular flexibility index (Phi) is 6.93. The minimum atomic E-state index is -4.63. The molecule has 168 valence electrons. The first-order valence-electron chi connectivity index (χ1n) is 8.60. The summed E-state index contributed by atoms with van der Waals surface area (Å²) in [7, 11) is 0. The Balaban J connectivity index is 1.66. The molecule has 3 aromatic rings. The Morgan fingerprint density at radius 2 is 1.91 bits per heavy atom. The first kappa shape index (κ1) is 23.4. The molecule has 0 aliphatic rings. The second-order valence-corrected chi connectivity index (χ2v) is 7.82. The van der Waals surface area contributed by atoms with Crippen molar-refractivity contribution >= 4 is 56.7 Å². The third-order valence-electron chi connectivity index (χ3n) is 3.81. The summed E-state index contributed by atoms with van der Waals surface area (Å²) < 4.78 is 44.4. The maximum atomic E-state index is 13.0. The van der Waals surface area contributed by atoms with E-state index in [1.807, 2.05) is 0 Å². The van der Waals surface area contributed by atoms with Crippen molar-refractivity contribution in [1.29, 1.82) is 0 Å². The number of benzene rings is 1. The van der Waals surface area contributed by atoms with E-state index in [1.165, 1.54) is 24.3 Å². The number of aromatic nitrogens is 2.